The van der Waals surface area contributed by atoms with Gasteiger partial charge in [0.1, 0.15) is 5.75 Å². The number of hydrogen-bond donors (Lipinski definition) is 2. The second-order valence-electron chi connectivity index (χ2n) is 4.07. The van der Waals surface area contributed by atoms with Gasteiger partial charge in [0.2, 0.25) is 0 Å². The van der Waals surface area contributed by atoms with Crippen molar-refractivity contribution in [1.29, 1.82) is 0 Å². The standard InChI is InChI=1S/C12H17NO2/c1-8-5-10(14)6-9(2)12(8)11-7-15-4-3-13-11/h5-6,11,13-14H,3-4,7H2,1-2H3/t11-/m1/s1. The van der Waals surface area contributed by atoms with Gasteiger partial charge >= 0.3 is 0 Å². The molecular weight excluding hydrogens is 190 g/mol. The third-order valence-electron chi connectivity index (χ3n) is 2.85. The first-order valence-electron chi connectivity index (χ1n) is 5.29. The van der Waals surface area contributed by atoms with Crippen LogP contribution in [0.2, 0.25) is 0 Å². The average Bonchev–Trinajstić information content (AvgIpc) is 2.17. The van der Waals surface area contributed by atoms with E-state index in [0.717, 1.165) is 24.3 Å². The molecule has 1 aliphatic rings. The van der Waals surface area contributed by atoms with E-state index in [1.54, 1.807) is 12.1 Å². The highest BCUT2D eigenvalue weighted by Crippen LogP contribution is 2.27. The van der Waals surface area contributed by atoms with Crippen LogP contribution in [0.25, 0.3) is 0 Å². The van der Waals surface area contributed by atoms with E-state index < -0.39 is 0 Å². The fourth-order valence-corrected chi connectivity index (χ4v) is 2.25. The molecule has 2 N–H and O–H groups in total. The minimum Gasteiger partial charge on any atom is -0.508 e. The number of aromatic hydroxyl groups is 1. The van der Waals surface area contributed by atoms with E-state index in [-0.39, 0.29) is 6.04 Å². The first-order chi connectivity index (χ1) is 7.18. The van der Waals surface area contributed by atoms with Crippen LogP contribution in [0.3, 0.4) is 0 Å². The van der Waals surface area contributed by atoms with Crippen LogP contribution in [0.5, 0.6) is 5.75 Å². The van der Waals surface area contributed by atoms with Gasteiger partial charge in [0.05, 0.1) is 19.3 Å². The van der Waals surface area contributed by atoms with E-state index in [0.29, 0.717) is 12.4 Å². The maximum atomic E-state index is 9.47. The minimum atomic E-state index is 0.263. The zero-order chi connectivity index (χ0) is 10.8. The fourth-order valence-electron chi connectivity index (χ4n) is 2.25. The molecule has 3 heteroatoms. The van der Waals surface area contributed by atoms with E-state index >= 15 is 0 Å². The van der Waals surface area contributed by atoms with Crippen LogP contribution in [0, 0.1) is 13.8 Å². The normalized spacial score (nSPS) is 21.6. The van der Waals surface area contributed by atoms with Crippen LogP contribution >= 0.6 is 0 Å². The first-order valence-corrected chi connectivity index (χ1v) is 5.29. The lowest BCUT2D eigenvalue weighted by molar-refractivity contribution is 0.0765. The Kier molecular flexibility index (Phi) is 2.93. The minimum absolute atomic E-state index is 0.263. The van der Waals surface area contributed by atoms with Crippen LogP contribution in [0.15, 0.2) is 12.1 Å². The Balaban J connectivity index is 2.33. The molecule has 0 bridgehead atoms. The van der Waals surface area contributed by atoms with Crippen molar-refractivity contribution < 1.29 is 9.84 Å². The van der Waals surface area contributed by atoms with Gasteiger partial charge in [-0.05, 0) is 42.7 Å². The number of phenols is 1. The number of ether oxygens (including phenoxy) is 1. The van der Waals surface area contributed by atoms with Crippen molar-refractivity contribution in [2.75, 3.05) is 19.8 Å². The lowest BCUT2D eigenvalue weighted by Crippen LogP contribution is -2.35. The number of benzene rings is 1. The van der Waals surface area contributed by atoms with Gasteiger partial charge < -0.3 is 15.2 Å². The third kappa shape index (κ3) is 2.13. The summed E-state index contributed by atoms with van der Waals surface area (Å²) < 4.78 is 5.45. The number of phenolic OH excluding ortho intramolecular Hbond substituents is 1. The molecule has 1 aliphatic heterocycles. The maximum Gasteiger partial charge on any atom is 0.116 e. The maximum absolute atomic E-state index is 9.47. The summed E-state index contributed by atoms with van der Waals surface area (Å²) in [5.41, 5.74) is 3.50. The molecule has 82 valence electrons. The van der Waals surface area contributed by atoms with Crippen molar-refractivity contribution in [1.82, 2.24) is 5.32 Å². The Morgan fingerprint density at radius 3 is 2.53 bits per heavy atom. The van der Waals surface area contributed by atoms with Crippen LogP contribution in [-0.4, -0.2) is 24.9 Å². The smallest absolute Gasteiger partial charge is 0.116 e. The van der Waals surface area contributed by atoms with E-state index in [2.05, 4.69) is 5.32 Å². The predicted molar refractivity (Wildman–Crippen MR) is 59.1 cm³/mol. The summed E-state index contributed by atoms with van der Waals surface area (Å²) in [6.45, 7) is 6.44. The summed E-state index contributed by atoms with van der Waals surface area (Å²) in [5, 5.41) is 12.9. The van der Waals surface area contributed by atoms with Crippen molar-refractivity contribution in [3.8, 4) is 5.75 Å². The number of hydrogen-bond acceptors (Lipinski definition) is 3. The molecule has 1 fully saturated rings. The van der Waals surface area contributed by atoms with Crippen LogP contribution < -0.4 is 5.32 Å². The molecule has 3 nitrogen and oxygen atoms in total. The second kappa shape index (κ2) is 4.21. The Hall–Kier alpha value is -1.06. The first kappa shape index (κ1) is 10.5. The van der Waals surface area contributed by atoms with Gasteiger partial charge in [-0.25, -0.2) is 0 Å². The Labute approximate surface area is 90.1 Å². The monoisotopic (exact) mass is 207 g/mol. The van der Waals surface area contributed by atoms with Crippen molar-refractivity contribution in [2.24, 2.45) is 0 Å². The van der Waals surface area contributed by atoms with Gasteiger partial charge in [-0.1, -0.05) is 0 Å². The molecule has 0 aromatic heterocycles. The summed E-state index contributed by atoms with van der Waals surface area (Å²) in [4.78, 5) is 0. The van der Waals surface area contributed by atoms with Gasteiger partial charge in [-0.2, -0.15) is 0 Å². The molecule has 0 radical (unpaired) electrons. The largest absolute Gasteiger partial charge is 0.508 e. The summed E-state index contributed by atoms with van der Waals surface area (Å²) >= 11 is 0. The van der Waals surface area contributed by atoms with E-state index in [9.17, 15) is 5.11 Å². The highest BCUT2D eigenvalue weighted by molar-refractivity contribution is 5.42. The molecule has 15 heavy (non-hydrogen) atoms. The zero-order valence-electron chi connectivity index (χ0n) is 9.21. The summed E-state index contributed by atoms with van der Waals surface area (Å²) in [5.74, 6) is 0.338. The van der Waals surface area contributed by atoms with Gasteiger partial charge in [-0.3, -0.25) is 0 Å². The van der Waals surface area contributed by atoms with E-state index in [4.69, 9.17) is 4.74 Å². The molecule has 1 aromatic carbocycles. The topological polar surface area (TPSA) is 41.5 Å². The Morgan fingerprint density at radius 1 is 1.33 bits per heavy atom. The number of nitrogens with one attached hydrogen (secondary N) is 1. The van der Waals surface area contributed by atoms with Crippen LogP contribution in [-0.2, 0) is 4.74 Å². The molecule has 2 rings (SSSR count). The highest BCUT2D eigenvalue weighted by atomic mass is 16.5. The van der Waals surface area contributed by atoms with Gasteiger partial charge in [0.15, 0.2) is 0 Å². The van der Waals surface area contributed by atoms with E-state index in [1.165, 1.54) is 5.56 Å². The molecule has 0 unspecified atom stereocenters. The molecule has 0 saturated carbocycles. The van der Waals surface area contributed by atoms with Crippen molar-refractivity contribution >= 4 is 0 Å². The molecule has 1 saturated heterocycles. The van der Waals surface area contributed by atoms with Crippen LogP contribution in [0.4, 0.5) is 0 Å². The van der Waals surface area contributed by atoms with Crippen molar-refractivity contribution in [3.63, 3.8) is 0 Å². The third-order valence-corrected chi connectivity index (χ3v) is 2.85. The lowest BCUT2D eigenvalue weighted by atomic mass is 9.95. The molecule has 1 heterocycles. The molecule has 0 aliphatic carbocycles. The van der Waals surface area contributed by atoms with E-state index in [1.807, 2.05) is 13.8 Å². The predicted octanol–water partition coefficient (Wildman–Crippen LogP) is 1.67. The molecule has 1 aromatic rings. The Morgan fingerprint density at radius 2 is 2.00 bits per heavy atom. The molecule has 1 atom stereocenters. The van der Waals surface area contributed by atoms with Crippen LogP contribution in [0.1, 0.15) is 22.7 Å². The quantitative estimate of drug-likeness (QED) is 0.736. The van der Waals surface area contributed by atoms with Gasteiger partial charge in [0, 0.05) is 6.54 Å². The van der Waals surface area contributed by atoms with Gasteiger partial charge in [-0.15, -0.1) is 0 Å². The highest BCUT2D eigenvalue weighted by Gasteiger charge is 2.19. The number of morpholine rings is 1. The Bertz CT molecular complexity index is 334. The van der Waals surface area contributed by atoms with Crippen molar-refractivity contribution in [2.45, 2.75) is 19.9 Å². The van der Waals surface area contributed by atoms with Crippen molar-refractivity contribution in [3.05, 3.63) is 28.8 Å². The van der Waals surface area contributed by atoms with Gasteiger partial charge in [0.25, 0.3) is 0 Å². The summed E-state index contributed by atoms with van der Waals surface area (Å²) in [6, 6.07) is 3.87. The number of rotatable bonds is 1. The zero-order valence-corrected chi connectivity index (χ0v) is 9.21. The average molecular weight is 207 g/mol. The fraction of sp³-hybridized carbons (Fsp3) is 0.500. The summed E-state index contributed by atoms with van der Waals surface area (Å²) in [7, 11) is 0. The summed E-state index contributed by atoms with van der Waals surface area (Å²) in [6.07, 6.45) is 0. The molecular formula is C12H17NO2. The molecule has 0 spiro atoms. The lowest BCUT2D eigenvalue weighted by Gasteiger charge is -2.27. The second-order valence-corrected chi connectivity index (χ2v) is 4.07. The number of aryl methyl sites for hydroxylation is 2. The SMILES string of the molecule is Cc1cc(O)cc(C)c1[C@H]1COCCN1. The molecule has 0 amide bonds.